The molecule has 1 fully saturated rings. The summed E-state index contributed by atoms with van der Waals surface area (Å²) in [5.74, 6) is 0.539. The Hall–Kier alpha value is -1.55. The Balaban J connectivity index is 2.08. The van der Waals surface area contributed by atoms with E-state index in [1.807, 2.05) is 36.1 Å². The quantitative estimate of drug-likeness (QED) is 0.853. The molecular formula is C15H22N2O2. The van der Waals surface area contributed by atoms with Gasteiger partial charge in [0, 0.05) is 31.9 Å². The van der Waals surface area contributed by atoms with Gasteiger partial charge in [0.15, 0.2) is 0 Å². The monoisotopic (exact) mass is 262 g/mol. The van der Waals surface area contributed by atoms with Crippen molar-refractivity contribution in [2.24, 2.45) is 5.92 Å². The molecule has 1 aromatic rings. The molecule has 4 heteroatoms. The van der Waals surface area contributed by atoms with Gasteiger partial charge >= 0.3 is 0 Å². The van der Waals surface area contributed by atoms with Gasteiger partial charge in [0.25, 0.3) is 5.91 Å². The summed E-state index contributed by atoms with van der Waals surface area (Å²) in [4.78, 5) is 14.4. The Bertz CT molecular complexity index is 434. The summed E-state index contributed by atoms with van der Waals surface area (Å²) in [7, 11) is 0. The lowest BCUT2D eigenvalue weighted by molar-refractivity contribution is 0.0785. The first-order valence-corrected chi connectivity index (χ1v) is 6.99. The summed E-state index contributed by atoms with van der Waals surface area (Å²) in [5.41, 5.74) is 1.65. The van der Waals surface area contributed by atoms with E-state index in [0.717, 1.165) is 43.7 Å². The Morgan fingerprint density at radius 2 is 2.26 bits per heavy atom. The molecule has 0 aliphatic carbocycles. The smallest absolute Gasteiger partial charge is 0.255 e. The van der Waals surface area contributed by atoms with Gasteiger partial charge in [-0.1, -0.05) is 12.1 Å². The third-order valence-corrected chi connectivity index (χ3v) is 3.64. The number of nitrogens with zero attached hydrogens (tertiary/aromatic N) is 1. The van der Waals surface area contributed by atoms with Crippen LogP contribution in [0.3, 0.4) is 0 Å². The highest BCUT2D eigenvalue weighted by Crippen LogP contribution is 2.24. The van der Waals surface area contributed by atoms with E-state index in [2.05, 4.69) is 5.32 Å². The largest absolute Gasteiger partial charge is 0.396 e. The van der Waals surface area contributed by atoms with Crippen molar-refractivity contribution in [1.82, 2.24) is 4.90 Å². The molecule has 1 aliphatic heterocycles. The van der Waals surface area contributed by atoms with Crippen molar-refractivity contribution >= 4 is 11.6 Å². The van der Waals surface area contributed by atoms with Crippen LogP contribution in [0.5, 0.6) is 0 Å². The highest BCUT2D eigenvalue weighted by Gasteiger charge is 2.27. The van der Waals surface area contributed by atoms with Gasteiger partial charge in [0.2, 0.25) is 0 Å². The number of para-hydroxylation sites is 1. The molecule has 1 amide bonds. The van der Waals surface area contributed by atoms with Gasteiger partial charge in [-0.25, -0.2) is 0 Å². The molecule has 0 aromatic heterocycles. The molecule has 0 spiro atoms. The summed E-state index contributed by atoms with van der Waals surface area (Å²) in [6.07, 6.45) is 1.79. The SMILES string of the molecule is CCNc1ccccc1C(=O)N1CCC(CCO)C1. The molecule has 1 unspecified atom stereocenters. The lowest BCUT2D eigenvalue weighted by Crippen LogP contribution is -2.29. The standard InChI is InChI=1S/C15H22N2O2/c1-2-16-14-6-4-3-5-13(14)15(19)17-9-7-12(11-17)8-10-18/h3-6,12,16,18H,2,7-11H2,1H3. The molecule has 2 N–H and O–H groups in total. The van der Waals surface area contributed by atoms with Crippen molar-refractivity contribution in [2.45, 2.75) is 19.8 Å². The van der Waals surface area contributed by atoms with Gasteiger partial charge in [-0.05, 0) is 37.8 Å². The van der Waals surface area contributed by atoms with E-state index in [9.17, 15) is 4.79 Å². The number of aliphatic hydroxyl groups is 1. The molecule has 4 nitrogen and oxygen atoms in total. The first kappa shape index (κ1) is 13.9. The number of hydrogen-bond donors (Lipinski definition) is 2. The van der Waals surface area contributed by atoms with Crippen LogP contribution in [-0.4, -0.2) is 42.2 Å². The maximum Gasteiger partial charge on any atom is 0.255 e. The van der Waals surface area contributed by atoms with E-state index in [4.69, 9.17) is 5.11 Å². The second kappa shape index (κ2) is 6.57. The van der Waals surface area contributed by atoms with Crippen LogP contribution in [0, 0.1) is 5.92 Å². The zero-order valence-corrected chi connectivity index (χ0v) is 11.4. The maximum absolute atomic E-state index is 12.5. The zero-order chi connectivity index (χ0) is 13.7. The van der Waals surface area contributed by atoms with Crippen molar-refractivity contribution in [2.75, 3.05) is 31.6 Å². The second-order valence-electron chi connectivity index (χ2n) is 4.99. The lowest BCUT2D eigenvalue weighted by Gasteiger charge is -2.18. The normalized spacial score (nSPS) is 18.6. The van der Waals surface area contributed by atoms with Crippen molar-refractivity contribution in [3.63, 3.8) is 0 Å². The summed E-state index contributed by atoms with van der Waals surface area (Å²) in [5, 5.41) is 12.2. The predicted octanol–water partition coefficient (Wildman–Crippen LogP) is 1.96. The van der Waals surface area contributed by atoms with Gasteiger partial charge in [-0.2, -0.15) is 0 Å². The van der Waals surface area contributed by atoms with E-state index < -0.39 is 0 Å². The van der Waals surface area contributed by atoms with E-state index >= 15 is 0 Å². The number of aliphatic hydroxyl groups excluding tert-OH is 1. The van der Waals surface area contributed by atoms with E-state index in [1.165, 1.54) is 0 Å². The van der Waals surface area contributed by atoms with Gasteiger partial charge < -0.3 is 15.3 Å². The van der Waals surface area contributed by atoms with Gasteiger partial charge in [-0.15, -0.1) is 0 Å². The number of anilines is 1. The molecule has 0 saturated carbocycles. The van der Waals surface area contributed by atoms with Crippen LogP contribution in [-0.2, 0) is 0 Å². The number of benzene rings is 1. The number of rotatable bonds is 5. The molecule has 1 heterocycles. The van der Waals surface area contributed by atoms with Crippen LogP contribution < -0.4 is 5.32 Å². The summed E-state index contributed by atoms with van der Waals surface area (Å²) >= 11 is 0. The van der Waals surface area contributed by atoms with E-state index in [1.54, 1.807) is 0 Å². The van der Waals surface area contributed by atoms with Gasteiger partial charge in [0.1, 0.15) is 0 Å². The van der Waals surface area contributed by atoms with Crippen molar-refractivity contribution < 1.29 is 9.90 Å². The number of nitrogens with one attached hydrogen (secondary N) is 1. The fourth-order valence-electron chi connectivity index (χ4n) is 2.62. The first-order valence-electron chi connectivity index (χ1n) is 6.99. The lowest BCUT2D eigenvalue weighted by atomic mass is 10.1. The highest BCUT2D eigenvalue weighted by molar-refractivity contribution is 5.99. The molecule has 0 bridgehead atoms. The predicted molar refractivity (Wildman–Crippen MR) is 76.3 cm³/mol. The molecule has 1 aliphatic rings. The number of likely N-dealkylation sites (tertiary alicyclic amines) is 1. The average Bonchev–Trinajstić information content (AvgIpc) is 2.88. The van der Waals surface area contributed by atoms with Crippen LogP contribution in [0.1, 0.15) is 30.1 Å². The minimum atomic E-state index is 0.0944. The van der Waals surface area contributed by atoms with Crippen molar-refractivity contribution in [1.29, 1.82) is 0 Å². The molecule has 1 saturated heterocycles. The summed E-state index contributed by atoms with van der Waals surface area (Å²) < 4.78 is 0. The molecule has 1 atom stereocenters. The topological polar surface area (TPSA) is 52.6 Å². The Morgan fingerprint density at radius 3 is 3.00 bits per heavy atom. The Labute approximate surface area is 114 Å². The first-order chi connectivity index (χ1) is 9.26. The van der Waals surface area contributed by atoms with E-state index in [0.29, 0.717) is 5.92 Å². The average molecular weight is 262 g/mol. The summed E-state index contributed by atoms with van der Waals surface area (Å²) in [6, 6.07) is 7.65. The summed E-state index contributed by atoms with van der Waals surface area (Å²) in [6.45, 7) is 4.59. The third-order valence-electron chi connectivity index (χ3n) is 3.64. The second-order valence-corrected chi connectivity index (χ2v) is 4.99. The zero-order valence-electron chi connectivity index (χ0n) is 11.4. The Morgan fingerprint density at radius 1 is 1.47 bits per heavy atom. The fraction of sp³-hybridized carbons (Fsp3) is 0.533. The fourth-order valence-corrected chi connectivity index (χ4v) is 2.62. The Kier molecular flexibility index (Phi) is 4.80. The number of hydrogen-bond acceptors (Lipinski definition) is 3. The van der Waals surface area contributed by atoms with Crippen molar-refractivity contribution in [3.05, 3.63) is 29.8 Å². The van der Waals surface area contributed by atoms with E-state index in [-0.39, 0.29) is 12.5 Å². The molecule has 1 aromatic carbocycles. The molecular weight excluding hydrogens is 240 g/mol. The molecule has 19 heavy (non-hydrogen) atoms. The number of carbonyl (C=O) groups excluding carboxylic acids is 1. The maximum atomic E-state index is 12.5. The molecule has 104 valence electrons. The number of amides is 1. The van der Waals surface area contributed by atoms with Crippen LogP contribution >= 0.6 is 0 Å². The van der Waals surface area contributed by atoms with Crippen LogP contribution in [0.2, 0.25) is 0 Å². The van der Waals surface area contributed by atoms with Gasteiger partial charge in [0.05, 0.1) is 5.56 Å². The van der Waals surface area contributed by atoms with Crippen molar-refractivity contribution in [3.8, 4) is 0 Å². The highest BCUT2D eigenvalue weighted by atomic mass is 16.3. The number of carbonyl (C=O) groups is 1. The van der Waals surface area contributed by atoms with Crippen LogP contribution in [0.4, 0.5) is 5.69 Å². The minimum Gasteiger partial charge on any atom is -0.396 e. The van der Waals surface area contributed by atoms with Crippen LogP contribution in [0.15, 0.2) is 24.3 Å². The van der Waals surface area contributed by atoms with Crippen LogP contribution in [0.25, 0.3) is 0 Å². The van der Waals surface area contributed by atoms with Gasteiger partial charge in [-0.3, -0.25) is 4.79 Å². The minimum absolute atomic E-state index is 0.0944. The molecule has 2 rings (SSSR count). The molecule has 0 radical (unpaired) electrons. The third kappa shape index (κ3) is 3.26.